The van der Waals surface area contributed by atoms with Gasteiger partial charge in [0.2, 0.25) is 5.95 Å². The molecule has 2 heterocycles. The Kier molecular flexibility index (Phi) is 6.58. The maximum Gasteiger partial charge on any atom is 0.294 e. The van der Waals surface area contributed by atoms with Crippen molar-refractivity contribution in [3.8, 4) is 5.75 Å². The molecule has 2 aliphatic rings. The van der Waals surface area contributed by atoms with E-state index >= 15 is 0 Å². The number of nitrogens with two attached hydrogens (primary N) is 1. The van der Waals surface area contributed by atoms with Gasteiger partial charge in [0.1, 0.15) is 16.5 Å². The molecule has 1 saturated heterocycles. The van der Waals surface area contributed by atoms with Gasteiger partial charge in [0.25, 0.3) is 12.4 Å². The average Bonchev–Trinajstić information content (AvgIpc) is 3.39. The highest BCUT2D eigenvalue weighted by Gasteiger charge is 2.76. The molecule has 1 atom stereocenters. The van der Waals surface area contributed by atoms with Gasteiger partial charge in [-0.1, -0.05) is 37.7 Å². The molecule has 5 rings (SSSR count). The summed E-state index contributed by atoms with van der Waals surface area (Å²) >= 11 is 6.33. The number of aromatic nitrogens is 2. The predicted octanol–water partition coefficient (Wildman–Crippen LogP) is 5.56. The monoisotopic (exact) mass is 554 g/mol. The van der Waals surface area contributed by atoms with Crippen LogP contribution in [0.25, 0.3) is 0 Å². The number of ether oxygens (including phenoxy) is 1. The Morgan fingerprint density at radius 1 is 1.14 bits per heavy atom. The smallest absolute Gasteiger partial charge is 0.294 e. The molecular formula is C24H24ClF4N6OP. The summed E-state index contributed by atoms with van der Waals surface area (Å²) in [7, 11) is -0.416. The van der Waals surface area contributed by atoms with E-state index in [2.05, 4.69) is 33.9 Å². The second-order valence-electron chi connectivity index (χ2n) is 9.31. The lowest BCUT2D eigenvalue weighted by atomic mass is 9.94. The molecule has 2 aromatic carbocycles. The van der Waals surface area contributed by atoms with Gasteiger partial charge in [0, 0.05) is 25.2 Å². The minimum atomic E-state index is -2.79. The summed E-state index contributed by atoms with van der Waals surface area (Å²) in [6, 6.07) is 10.2. The van der Waals surface area contributed by atoms with Crippen LogP contribution >= 0.6 is 19.5 Å². The minimum Gasteiger partial charge on any atom is -0.443 e. The van der Waals surface area contributed by atoms with E-state index in [-0.39, 0.29) is 47.6 Å². The number of nitrogens with zero attached hydrogens (tertiary/aromatic N) is 3. The summed E-state index contributed by atoms with van der Waals surface area (Å²) in [5, 5.41) is 7.48. The summed E-state index contributed by atoms with van der Waals surface area (Å²) in [5.41, 5.74) is 4.81. The molecule has 0 radical (unpaired) electrons. The van der Waals surface area contributed by atoms with Crippen LogP contribution in [0.15, 0.2) is 42.6 Å². The Balaban J connectivity index is 1.45. The van der Waals surface area contributed by atoms with Crippen molar-refractivity contribution in [1.29, 1.82) is 0 Å². The van der Waals surface area contributed by atoms with E-state index in [1.807, 2.05) is 24.3 Å². The van der Waals surface area contributed by atoms with Crippen molar-refractivity contribution in [2.24, 2.45) is 11.1 Å². The van der Waals surface area contributed by atoms with Crippen molar-refractivity contribution in [3.63, 3.8) is 0 Å². The number of anilines is 5. The lowest BCUT2D eigenvalue weighted by Crippen LogP contribution is -2.52. The number of rotatable bonds is 8. The Hall–Kier alpha value is -2.88. The first-order valence-electron chi connectivity index (χ1n) is 11.3. The van der Waals surface area contributed by atoms with Gasteiger partial charge in [-0.25, -0.2) is 18.2 Å². The lowest BCUT2D eigenvalue weighted by Gasteiger charge is -2.42. The predicted molar refractivity (Wildman–Crippen MR) is 139 cm³/mol. The normalized spacial score (nSPS) is 17.9. The zero-order valence-corrected chi connectivity index (χ0v) is 21.6. The molecule has 7 nitrogen and oxygen atoms in total. The van der Waals surface area contributed by atoms with E-state index in [9.17, 15) is 17.6 Å². The molecular weight excluding hydrogens is 531 g/mol. The Morgan fingerprint density at radius 3 is 2.49 bits per heavy atom. The third-order valence-corrected chi connectivity index (χ3v) is 8.09. The van der Waals surface area contributed by atoms with Crippen LogP contribution in [0.4, 0.5) is 46.4 Å². The minimum absolute atomic E-state index is 0.0586. The number of benzene rings is 2. The number of alkyl halides is 3. The molecule has 1 spiro atoms. The van der Waals surface area contributed by atoms with Crippen molar-refractivity contribution in [1.82, 2.24) is 9.97 Å². The largest absolute Gasteiger partial charge is 0.443 e. The van der Waals surface area contributed by atoms with E-state index in [0.29, 0.717) is 5.82 Å². The highest BCUT2D eigenvalue weighted by Crippen LogP contribution is 2.66. The van der Waals surface area contributed by atoms with E-state index in [1.54, 1.807) is 0 Å². The molecule has 196 valence electrons. The molecule has 1 aliphatic carbocycles. The molecule has 2 fully saturated rings. The first-order chi connectivity index (χ1) is 17.5. The third-order valence-electron chi connectivity index (χ3n) is 6.46. The summed E-state index contributed by atoms with van der Waals surface area (Å²) in [6.07, 6.45) is 1.12. The number of halogens is 5. The summed E-state index contributed by atoms with van der Waals surface area (Å²) < 4.78 is 61.2. The summed E-state index contributed by atoms with van der Waals surface area (Å²) in [5.74, 6) is -3.44. The van der Waals surface area contributed by atoms with Gasteiger partial charge in [-0.3, -0.25) is 5.73 Å². The maximum absolute atomic E-state index is 14.9. The number of nitrogens with one attached hydrogen (secondary N) is 2. The highest BCUT2D eigenvalue weighted by atomic mass is 35.5. The number of hydrogen-bond donors (Lipinski definition) is 3. The Bertz CT molecular complexity index is 1340. The topological polar surface area (TPSA) is 88.3 Å². The van der Waals surface area contributed by atoms with Gasteiger partial charge in [-0.15, -0.1) is 0 Å². The van der Waals surface area contributed by atoms with Crippen molar-refractivity contribution < 1.29 is 22.3 Å². The first-order valence-corrected chi connectivity index (χ1v) is 14.0. The van der Waals surface area contributed by atoms with Crippen LogP contribution in [0.2, 0.25) is 5.02 Å². The van der Waals surface area contributed by atoms with Crippen molar-refractivity contribution in [2.75, 3.05) is 42.0 Å². The van der Waals surface area contributed by atoms with Gasteiger partial charge in [0.05, 0.1) is 17.3 Å². The second kappa shape index (κ2) is 9.45. The summed E-state index contributed by atoms with van der Waals surface area (Å²) in [6.45, 7) is 1.80. The fraction of sp³-hybridized carbons (Fsp3) is 0.333. The fourth-order valence-electron chi connectivity index (χ4n) is 4.47. The zero-order valence-electron chi connectivity index (χ0n) is 19.9. The molecule has 1 aliphatic heterocycles. The van der Waals surface area contributed by atoms with Crippen LogP contribution in [0.1, 0.15) is 6.42 Å². The molecule has 0 bridgehead atoms. The van der Waals surface area contributed by atoms with Crippen LogP contribution in [0, 0.1) is 11.2 Å². The molecule has 37 heavy (non-hydrogen) atoms. The Morgan fingerprint density at radius 2 is 1.84 bits per heavy atom. The molecule has 4 N–H and O–H groups in total. The second-order valence-corrected chi connectivity index (χ2v) is 12.0. The van der Waals surface area contributed by atoms with Crippen molar-refractivity contribution in [2.45, 2.75) is 18.8 Å². The van der Waals surface area contributed by atoms with E-state index in [4.69, 9.17) is 22.1 Å². The molecule has 0 amide bonds. The van der Waals surface area contributed by atoms with E-state index < -0.39 is 31.6 Å². The van der Waals surface area contributed by atoms with Crippen LogP contribution in [-0.4, -0.2) is 48.8 Å². The van der Waals surface area contributed by atoms with Gasteiger partial charge in [0.15, 0.2) is 11.6 Å². The van der Waals surface area contributed by atoms with E-state index in [1.165, 1.54) is 17.2 Å². The van der Waals surface area contributed by atoms with Crippen LogP contribution in [-0.2, 0) is 0 Å². The van der Waals surface area contributed by atoms with E-state index in [0.717, 1.165) is 17.1 Å². The highest BCUT2D eigenvalue weighted by molar-refractivity contribution is 7.64. The number of hydrogen-bond acceptors (Lipinski definition) is 7. The van der Waals surface area contributed by atoms with Crippen LogP contribution in [0.5, 0.6) is 5.75 Å². The molecule has 13 heteroatoms. The molecule has 3 aromatic rings. The van der Waals surface area contributed by atoms with Gasteiger partial charge >= 0.3 is 0 Å². The molecule has 1 aromatic heterocycles. The molecule has 1 unspecified atom stereocenters. The first kappa shape index (κ1) is 25.8. The van der Waals surface area contributed by atoms with Crippen molar-refractivity contribution in [3.05, 3.63) is 53.4 Å². The summed E-state index contributed by atoms with van der Waals surface area (Å²) in [4.78, 5) is 9.97. The standard InChI is InChI=1S/C24H24ClF4N6OP/c1-37(2)17-6-4-3-5-15(17)32-20-13(25)9-31-22(34-20)33-16-8-7-14(26)18(19(16)36-21(27)30)35-11-23(12-35)10-24(23,28)29/h3-9,21H,10-12,30H2,1-2H3,(H2,31,32,33,34). The molecule has 1 saturated carbocycles. The zero-order chi connectivity index (χ0) is 26.5. The third kappa shape index (κ3) is 4.87. The van der Waals surface area contributed by atoms with Gasteiger partial charge < -0.3 is 20.3 Å². The maximum atomic E-state index is 14.9. The van der Waals surface area contributed by atoms with Gasteiger partial charge in [-0.2, -0.15) is 9.37 Å². The number of para-hydroxylation sites is 1. The van der Waals surface area contributed by atoms with Crippen LogP contribution in [0.3, 0.4) is 0 Å². The lowest BCUT2D eigenvalue weighted by molar-refractivity contribution is 0.0502. The fourth-order valence-corrected chi connectivity index (χ4v) is 5.61. The average molecular weight is 555 g/mol. The Labute approximate surface area is 217 Å². The SMILES string of the molecule is CP(C)c1ccccc1Nc1nc(Nc2ccc(F)c(N3CC4(C3)CC4(F)F)c2OC(N)F)ncc1Cl. The van der Waals surface area contributed by atoms with Crippen LogP contribution < -0.4 is 31.3 Å². The van der Waals surface area contributed by atoms with Gasteiger partial charge in [-0.05, 0) is 36.8 Å². The quantitative estimate of drug-likeness (QED) is 0.145. The van der Waals surface area contributed by atoms with Crippen molar-refractivity contribution >= 4 is 53.7 Å².